The summed E-state index contributed by atoms with van der Waals surface area (Å²) in [6, 6.07) is 8.60. The van der Waals surface area contributed by atoms with Crippen LogP contribution in [-0.2, 0) is 20.9 Å². The maximum Gasteiger partial charge on any atom is 0.247 e. The number of nitrogens with zero attached hydrogens (tertiary/aromatic N) is 3. The number of aliphatic hydroxyl groups is 1. The van der Waals surface area contributed by atoms with Crippen molar-refractivity contribution in [3.63, 3.8) is 0 Å². The Morgan fingerprint density at radius 3 is 2.30 bits per heavy atom. The fourth-order valence-electron chi connectivity index (χ4n) is 7.23. The highest BCUT2D eigenvalue weighted by atomic mass is 32.2. The van der Waals surface area contributed by atoms with Gasteiger partial charge < -0.3 is 19.8 Å². The molecule has 5 rings (SSSR count). The average Bonchev–Trinajstić information content (AvgIpc) is 3.17. The number of carbonyl (C=O) groups excluding carboxylic acids is 3. The van der Waals surface area contributed by atoms with Gasteiger partial charge in [0.1, 0.15) is 6.04 Å². The van der Waals surface area contributed by atoms with Gasteiger partial charge in [-0.25, -0.2) is 0 Å². The van der Waals surface area contributed by atoms with Gasteiger partial charge in [0.15, 0.2) is 0 Å². The maximum atomic E-state index is 14.7. The standard InChI is InChI=1S/C32H43N3O4S/c1-7-21(2)23(20-36)35-26-29(39)34(30(3,4)5)18-12-16-32(26)25(28(35)38)24-27(37)33(17-11-15-31(24,6)40-32)19-22-13-9-8-10-14-22/h8-16,21,23-26,36H,7,17-20H2,1-6H3/t21-,23-,24+,25-,26?,31-,32-/m0/s1. The van der Waals surface area contributed by atoms with Crippen molar-refractivity contribution in [3.05, 3.63) is 60.2 Å². The van der Waals surface area contributed by atoms with Crippen LogP contribution in [0.1, 0.15) is 53.5 Å². The molecular formula is C32H43N3O4S. The van der Waals surface area contributed by atoms with E-state index in [0.29, 0.717) is 19.6 Å². The average molecular weight is 566 g/mol. The molecule has 0 aliphatic carbocycles. The summed E-state index contributed by atoms with van der Waals surface area (Å²) in [6.45, 7) is 13.3. The van der Waals surface area contributed by atoms with Gasteiger partial charge in [-0.1, -0.05) is 74.9 Å². The second-order valence-electron chi connectivity index (χ2n) is 13.0. The Kier molecular flexibility index (Phi) is 7.49. The lowest BCUT2D eigenvalue weighted by Gasteiger charge is -2.43. The third kappa shape index (κ3) is 4.42. The number of hydrogen-bond acceptors (Lipinski definition) is 5. The van der Waals surface area contributed by atoms with Crippen molar-refractivity contribution in [2.75, 3.05) is 19.7 Å². The van der Waals surface area contributed by atoms with Crippen LogP contribution in [0.15, 0.2) is 54.6 Å². The topological polar surface area (TPSA) is 81.2 Å². The minimum absolute atomic E-state index is 0.0105. The first-order valence-electron chi connectivity index (χ1n) is 14.5. The van der Waals surface area contributed by atoms with E-state index in [1.807, 2.05) is 93.8 Å². The number of rotatable bonds is 6. The summed E-state index contributed by atoms with van der Waals surface area (Å²) in [5.41, 5.74) is 0.581. The van der Waals surface area contributed by atoms with Crippen LogP contribution < -0.4 is 0 Å². The highest BCUT2D eigenvalue weighted by Gasteiger charge is 2.74. The van der Waals surface area contributed by atoms with E-state index in [2.05, 4.69) is 12.2 Å². The van der Waals surface area contributed by atoms with Gasteiger partial charge in [0.05, 0.1) is 29.2 Å². The molecule has 1 aromatic carbocycles. The normalized spacial score (nSPS) is 33.4. The van der Waals surface area contributed by atoms with Crippen molar-refractivity contribution < 1.29 is 19.5 Å². The maximum absolute atomic E-state index is 14.7. The summed E-state index contributed by atoms with van der Waals surface area (Å²) >= 11 is 1.60. The number of thioether (sulfide) groups is 1. The van der Waals surface area contributed by atoms with E-state index in [1.165, 1.54) is 0 Å². The first kappa shape index (κ1) is 28.9. The molecule has 7 atom stereocenters. The van der Waals surface area contributed by atoms with Crippen molar-refractivity contribution >= 4 is 29.5 Å². The smallest absolute Gasteiger partial charge is 0.247 e. The third-order valence-electron chi connectivity index (χ3n) is 9.45. The number of hydrogen-bond donors (Lipinski definition) is 1. The molecule has 1 unspecified atom stereocenters. The van der Waals surface area contributed by atoms with Crippen molar-refractivity contribution in [3.8, 4) is 0 Å². The summed E-state index contributed by atoms with van der Waals surface area (Å²) in [5, 5.41) is 10.6. The third-order valence-corrected chi connectivity index (χ3v) is 11.2. The second kappa shape index (κ2) is 10.4. The molecule has 40 heavy (non-hydrogen) atoms. The molecular weight excluding hydrogens is 522 g/mol. The highest BCUT2D eigenvalue weighted by molar-refractivity contribution is 8.02. The van der Waals surface area contributed by atoms with Gasteiger partial charge >= 0.3 is 0 Å². The summed E-state index contributed by atoms with van der Waals surface area (Å²) in [5.74, 6) is -1.71. The molecule has 0 bridgehead atoms. The molecule has 2 fully saturated rings. The van der Waals surface area contributed by atoms with E-state index in [4.69, 9.17) is 0 Å². The van der Waals surface area contributed by atoms with Gasteiger partial charge in [0.25, 0.3) is 0 Å². The Bertz CT molecular complexity index is 1230. The summed E-state index contributed by atoms with van der Waals surface area (Å²) in [4.78, 5) is 49.1. The van der Waals surface area contributed by atoms with E-state index in [9.17, 15) is 19.5 Å². The monoisotopic (exact) mass is 565 g/mol. The summed E-state index contributed by atoms with van der Waals surface area (Å²) < 4.78 is -1.57. The van der Waals surface area contributed by atoms with Gasteiger partial charge in [-0.2, -0.15) is 0 Å². The van der Waals surface area contributed by atoms with Crippen LogP contribution >= 0.6 is 11.8 Å². The zero-order valence-corrected chi connectivity index (χ0v) is 25.4. The predicted octanol–water partition coefficient (Wildman–Crippen LogP) is 3.88. The first-order valence-corrected chi connectivity index (χ1v) is 15.3. The number of likely N-dealkylation sites (tertiary alicyclic amines) is 1. The lowest BCUT2D eigenvalue weighted by molar-refractivity contribution is -0.150. The number of aliphatic hydroxyl groups excluding tert-OH is 1. The number of fused-ring (bicyclic) bond motifs is 2. The van der Waals surface area contributed by atoms with E-state index in [0.717, 1.165) is 12.0 Å². The quantitative estimate of drug-likeness (QED) is 0.530. The van der Waals surface area contributed by atoms with Crippen LogP contribution in [0, 0.1) is 17.8 Å². The largest absolute Gasteiger partial charge is 0.394 e. The first-order chi connectivity index (χ1) is 18.9. The lowest BCUT2D eigenvalue weighted by atomic mass is 9.74. The lowest BCUT2D eigenvalue weighted by Crippen LogP contribution is -2.60. The van der Waals surface area contributed by atoms with Gasteiger partial charge in [-0.3, -0.25) is 14.4 Å². The minimum Gasteiger partial charge on any atom is -0.394 e. The molecule has 0 aromatic heterocycles. The summed E-state index contributed by atoms with van der Waals surface area (Å²) in [6.07, 6.45) is 8.97. The number of benzene rings is 1. The molecule has 8 heteroatoms. The zero-order valence-electron chi connectivity index (χ0n) is 24.5. The minimum atomic E-state index is -0.912. The Morgan fingerprint density at radius 2 is 1.68 bits per heavy atom. The van der Waals surface area contributed by atoms with Crippen molar-refractivity contribution in [1.29, 1.82) is 0 Å². The fraction of sp³-hybridized carbons (Fsp3) is 0.594. The predicted molar refractivity (Wildman–Crippen MR) is 158 cm³/mol. The SMILES string of the molecule is CC[C@H](C)[C@H](CO)N1C(=O)[C@@H]2[C@@H]3C(=O)N(Cc4ccccc4)CC=C[C@]3(C)S[C@@]23C=CCN(C(C)(C)C)C(=O)C13. The molecule has 0 saturated carbocycles. The molecule has 1 spiro atoms. The Labute approximate surface area is 242 Å². The zero-order chi connectivity index (χ0) is 29.0. The van der Waals surface area contributed by atoms with Crippen molar-refractivity contribution in [1.82, 2.24) is 14.7 Å². The van der Waals surface area contributed by atoms with Crippen LogP contribution in [0.3, 0.4) is 0 Å². The van der Waals surface area contributed by atoms with Gasteiger partial charge in [0.2, 0.25) is 17.7 Å². The van der Waals surface area contributed by atoms with Crippen LogP contribution in [0.4, 0.5) is 0 Å². The summed E-state index contributed by atoms with van der Waals surface area (Å²) in [7, 11) is 0. The number of carbonyl (C=O) groups is 3. The Morgan fingerprint density at radius 1 is 1.00 bits per heavy atom. The van der Waals surface area contributed by atoms with Crippen molar-refractivity contribution in [2.24, 2.45) is 17.8 Å². The Hall–Kier alpha value is -2.58. The van der Waals surface area contributed by atoms with Gasteiger partial charge in [-0.05, 0) is 39.2 Å². The molecule has 4 aliphatic heterocycles. The van der Waals surface area contributed by atoms with Crippen LogP contribution in [0.25, 0.3) is 0 Å². The molecule has 1 aromatic rings. The molecule has 1 N–H and O–H groups in total. The number of amides is 3. The molecule has 4 aliphatic rings. The van der Waals surface area contributed by atoms with Gasteiger partial charge in [0, 0.05) is 29.9 Å². The highest BCUT2D eigenvalue weighted by Crippen LogP contribution is 2.66. The van der Waals surface area contributed by atoms with Crippen LogP contribution in [0.5, 0.6) is 0 Å². The van der Waals surface area contributed by atoms with Crippen LogP contribution in [0.2, 0.25) is 0 Å². The van der Waals surface area contributed by atoms with E-state index in [-0.39, 0.29) is 30.2 Å². The Balaban J connectivity index is 1.64. The van der Waals surface area contributed by atoms with Gasteiger partial charge in [-0.15, -0.1) is 11.8 Å². The molecule has 216 valence electrons. The molecule has 3 amide bonds. The van der Waals surface area contributed by atoms with E-state index < -0.39 is 39.0 Å². The molecule has 2 saturated heterocycles. The molecule has 7 nitrogen and oxygen atoms in total. The van der Waals surface area contributed by atoms with E-state index in [1.54, 1.807) is 16.7 Å². The van der Waals surface area contributed by atoms with E-state index >= 15 is 0 Å². The second-order valence-corrected chi connectivity index (χ2v) is 14.8. The molecule has 0 radical (unpaired) electrons. The molecule has 4 heterocycles. The van der Waals surface area contributed by atoms with Crippen molar-refractivity contribution in [2.45, 2.75) is 81.6 Å². The fourth-order valence-corrected chi connectivity index (χ4v) is 9.38. The van der Waals surface area contributed by atoms with Crippen LogP contribution in [-0.4, -0.2) is 84.3 Å².